The van der Waals surface area contributed by atoms with Gasteiger partial charge in [-0.05, 0) is 48.9 Å². The number of halogens is 2. The zero-order valence-corrected chi connectivity index (χ0v) is 11.2. The quantitative estimate of drug-likeness (QED) is 0.640. The number of imidazole rings is 1. The number of alkyl halides is 1. The molecule has 0 aliphatic heterocycles. The molecule has 3 rings (SSSR count). The second kappa shape index (κ2) is 4.67. The molecular weight excluding hydrogens is 263 g/mol. The number of hydrogen-bond donors (Lipinski definition) is 0. The van der Waals surface area contributed by atoms with Gasteiger partial charge >= 0.3 is 0 Å². The first-order valence-corrected chi connectivity index (χ1v) is 6.52. The molecule has 19 heavy (non-hydrogen) atoms. The van der Waals surface area contributed by atoms with Crippen molar-refractivity contribution in [1.29, 1.82) is 0 Å². The highest BCUT2D eigenvalue weighted by Gasteiger charge is 2.11. The van der Waals surface area contributed by atoms with Crippen molar-refractivity contribution in [1.82, 2.24) is 9.55 Å². The van der Waals surface area contributed by atoms with Crippen molar-refractivity contribution in [3.63, 3.8) is 0 Å². The summed E-state index contributed by atoms with van der Waals surface area (Å²) in [5.41, 5.74) is 3.90. The van der Waals surface area contributed by atoms with Crippen LogP contribution in [0.25, 0.3) is 16.7 Å². The molecule has 0 atom stereocenters. The predicted molar refractivity (Wildman–Crippen MR) is 75.3 cm³/mol. The van der Waals surface area contributed by atoms with E-state index >= 15 is 0 Å². The van der Waals surface area contributed by atoms with Crippen LogP contribution in [0.1, 0.15) is 11.4 Å². The minimum atomic E-state index is -0.253. The molecule has 0 saturated heterocycles. The molecule has 1 aromatic heterocycles. The molecule has 2 aromatic carbocycles. The van der Waals surface area contributed by atoms with Crippen LogP contribution in [-0.2, 0) is 5.88 Å². The Hall–Kier alpha value is -1.87. The van der Waals surface area contributed by atoms with Gasteiger partial charge in [-0.3, -0.25) is 4.57 Å². The predicted octanol–water partition coefficient (Wildman–Crippen LogP) is 4.21. The van der Waals surface area contributed by atoms with Gasteiger partial charge in [0.2, 0.25) is 0 Å². The first-order chi connectivity index (χ1) is 9.19. The summed E-state index contributed by atoms with van der Waals surface area (Å²) in [6.45, 7) is 2.02. The minimum absolute atomic E-state index is 0.253. The molecule has 0 fully saturated rings. The van der Waals surface area contributed by atoms with Crippen molar-refractivity contribution < 1.29 is 4.39 Å². The lowest BCUT2D eigenvalue weighted by molar-refractivity contribution is 0.627. The monoisotopic (exact) mass is 274 g/mol. The minimum Gasteiger partial charge on any atom is -0.295 e. The fourth-order valence-electron chi connectivity index (χ4n) is 2.21. The van der Waals surface area contributed by atoms with Gasteiger partial charge in [0.25, 0.3) is 0 Å². The van der Waals surface area contributed by atoms with E-state index in [0.29, 0.717) is 5.88 Å². The molecule has 1 heterocycles. The van der Waals surface area contributed by atoms with E-state index in [1.54, 1.807) is 12.1 Å². The highest BCUT2D eigenvalue weighted by atomic mass is 35.5. The molecule has 4 heteroatoms. The molecule has 0 aliphatic carbocycles. The van der Waals surface area contributed by atoms with Gasteiger partial charge in [0.05, 0.1) is 16.9 Å². The number of aryl methyl sites for hydroxylation is 1. The van der Waals surface area contributed by atoms with Crippen molar-refractivity contribution in [2.24, 2.45) is 0 Å². The second-order valence-corrected chi connectivity index (χ2v) is 4.73. The van der Waals surface area contributed by atoms with Gasteiger partial charge in [-0.15, -0.1) is 11.6 Å². The lowest BCUT2D eigenvalue weighted by Crippen LogP contribution is -1.99. The summed E-state index contributed by atoms with van der Waals surface area (Å²) in [4.78, 5) is 4.53. The first kappa shape index (κ1) is 12.2. The summed E-state index contributed by atoms with van der Waals surface area (Å²) in [7, 11) is 0. The Balaban J connectivity index is 2.29. The summed E-state index contributed by atoms with van der Waals surface area (Å²) < 4.78 is 15.0. The Labute approximate surface area is 115 Å². The van der Waals surface area contributed by atoms with Crippen LogP contribution in [0.4, 0.5) is 4.39 Å². The van der Waals surface area contributed by atoms with Crippen LogP contribution < -0.4 is 0 Å². The fraction of sp³-hybridized carbons (Fsp3) is 0.133. The number of aromatic nitrogens is 2. The van der Waals surface area contributed by atoms with Crippen LogP contribution in [0.5, 0.6) is 0 Å². The molecule has 2 nitrogen and oxygen atoms in total. The van der Waals surface area contributed by atoms with Crippen molar-refractivity contribution in [2.45, 2.75) is 12.8 Å². The van der Waals surface area contributed by atoms with Crippen LogP contribution in [0.3, 0.4) is 0 Å². The van der Waals surface area contributed by atoms with Gasteiger partial charge in [-0.25, -0.2) is 9.37 Å². The summed E-state index contributed by atoms with van der Waals surface area (Å²) in [5.74, 6) is 0.816. The maximum absolute atomic E-state index is 13.0. The normalized spacial score (nSPS) is 11.1. The van der Waals surface area contributed by atoms with E-state index in [4.69, 9.17) is 11.6 Å². The zero-order valence-electron chi connectivity index (χ0n) is 10.4. The molecule has 0 spiro atoms. The second-order valence-electron chi connectivity index (χ2n) is 4.47. The van der Waals surface area contributed by atoms with E-state index in [1.807, 2.05) is 29.7 Å². The van der Waals surface area contributed by atoms with Crippen molar-refractivity contribution in [3.8, 4) is 5.69 Å². The molecule has 96 valence electrons. The smallest absolute Gasteiger partial charge is 0.129 e. The van der Waals surface area contributed by atoms with Crippen molar-refractivity contribution >= 4 is 22.6 Å². The highest BCUT2D eigenvalue weighted by Crippen LogP contribution is 2.23. The van der Waals surface area contributed by atoms with Gasteiger partial charge < -0.3 is 0 Å². The van der Waals surface area contributed by atoms with Crippen LogP contribution in [0.2, 0.25) is 0 Å². The topological polar surface area (TPSA) is 17.8 Å². The Kier molecular flexibility index (Phi) is 2.99. The fourth-order valence-corrected chi connectivity index (χ4v) is 2.39. The molecule has 0 bridgehead atoms. The lowest BCUT2D eigenvalue weighted by atomic mass is 10.2. The van der Waals surface area contributed by atoms with Gasteiger partial charge in [0.15, 0.2) is 0 Å². The first-order valence-electron chi connectivity index (χ1n) is 5.99. The maximum Gasteiger partial charge on any atom is 0.129 e. The van der Waals surface area contributed by atoms with Gasteiger partial charge in [0.1, 0.15) is 11.6 Å². The standard InChI is InChI=1S/C15H12ClFN2/c1-10-2-7-14-13(8-10)18-15(9-16)19(14)12-5-3-11(17)4-6-12/h2-8H,9H2,1H3. The lowest BCUT2D eigenvalue weighted by Gasteiger charge is -2.07. The Morgan fingerprint density at radius 3 is 2.58 bits per heavy atom. The SMILES string of the molecule is Cc1ccc2c(c1)nc(CCl)n2-c1ccc(F)cc1. The van der Waals surface area contributed by atoms with Crippen LogP contribution >= 0.6 is 11.6 Å². The van der Waals surface area contributed by atoms with Crippen molar-refractivity contribution in [3.05, 3.63) is 59.7 Å². The molecule has 0 radical (unpaired) electrons. The Morgan fingerprint density at radius 1 is 1.16 bits per heavy atom. The van der Waals surface area contributed by atoms with Crippen LogP contribution in [0, 0.1) is 12.7 Å². The molecule has 0 unspecified atom stereocenters. The molecule has 0 amide bonds. The number of fused-ring (bicyclic) bond motifs is 1. The summed E-state index contributed by atoms with van der Waals surface area (Å²) >= 11 is 5.97. The Bertz CT molecular complexity index is 732. The molecule has 0 N–H and O–H groups in total. The molecular formula is C15H12ClFN2. The van der Waals surface area contributed by atoms with Crippen molar-refractivity contribution in [2.75, 3.05) is 0 Å². The summed E-state index contributed by atoms with van der Waals surface area (Å²) in [6.07, 6.45) is 0. The molecule has 0 saturated carbocycles. The van der Waals surface area contributed by atoms with Crippen LogP contribution in [0.15, 0.2) is 42.5 Å². The number of benzene rings is 2. The third-order valence-corrected chi connectivity index (χ3v) is 3.32. The average molecular weight is 275 g/mol. The van der Waals surface area contributed by atoms with Gasteiger partial charge in [-0.2, -0.15) is 0 Å². The summed E-state index contributed by atoms with van der Waals surface area (Å²) in [6, 6.07) is 12.4. The largest absolute Gasteiger partial charge is 0.295 e. The molecule has 3 aromatic rings. The zero-order chi connectivity index (χ0) is 13.4. The number of nitrogens with zero attached hydrogens (tertiary/aromatic N) is 2. The van der Waals surface area contributed by atoms with E-state index in [0.717, 1.165) is 28.1 Å². The molecule has 0 aliphatic rings. The van der Waals surface area contributed by atoms with E-state index in [-0.39, 0.29) is 5.82 Å². The number of hydrogen-bond acceptors (Lipinski definition) is 1. The Morgan fingerprint density at radius 2 is 1.89 bits per heavy atom. The third-order valence-electron chi connectivity index (χ3n) is 3.08. The van der Waals surface area contributed by atoms with Gasteiger partial charge in [-0.1, -0.05) is 6.07 Å². The van der Waals surface area contributed by atoms with E-state index < -0.39 is 0 Å². The van der Waals surface area contributed by atoms with Crippen LogP contribution in [-0.4, -0.2) is 9.55 Å². The average Bonchev–Trinajstić information content (AvgIpc) is 2.77. The van der Waals surface area contributed by atoms with E-state index in [9.17, 15) is 4.39 Å². The van der Waals surface area contributed by atoms with E-state index in [2.05, 4.69) is 4.98 Å². The summed E-state index contributed by atoms with van der Waals surface area (Å²) in [5, 5.41) is 0. The van der Waals surface area contributed by atoms with Gasteiger partial charge in [0, 0.05) is 5.69 Å². The maximum atomic E-state index is 13.0. The van der Waals surface area contributed by atoms with E-state index in [1.165, 1.54) is 12.1 Å². The highest BCUT2D eigenvalue weighted by molar-refractivity contribution is 6.17. The number of rotatable bonds is 2. The third kappa shape index (κ3) is 2.10.